The first-order chi connectivity index (χ1) is 12.7. The van der Waals surface area contributed by atoms with Crippen molar-refractivity contribution in [2.24, 2.45) is 4.99 Å². The molecule has 4 heteroatoms. The quantitative estimate of drug-likeness (QED) is 0.394. The van der Waals surface area contributed by atoms with Crippen LogP contribution in [0.1, 0.15) is 24.1 Å². The topological polar surface area (TPSA) is 15.6 Å². The summed E-state index contributed by atoms with van der Waals surface area (Å²) in [5.74, 6) is 1.07. The van der Waals surface area contributed by atoms with E-state index in [9.17, 15) is 0 Å². The predicted octanol–water partition coefficient (Wildman–Crippen LogP) is 6.59. The highest BCUT2D eigenvalue weighted by molar-refractivity contribution is 9.11. The molecule has 3 aromatic carbocycles. The normalized spacial score (nSPS) is 20.3. The standard InChI is InChI=1S/C22H16Br2N2/c1-13-21(20-17(23)10-6-11-18(20)24)26-19-12-5-4-8-15(19)14-7-2-3-9-16(14)22(26)25-13/h2-13,21H,1H3. The number of hydrogen-bond acceptors (Lipinski definition) is 2. The Morgan fingerprint density at radius 1 is 0.769 bits per heavy atom. The molecule has 0 saturated carbocycles. The van der Waals surface area contributed by atoms with Gasteiger partial charge >= 0.3 is 0 Å². The van der Waals surface area contributed by atoms with Crippen molar-refractivity contribution < 1.29 is 0 Å². The lowest BCUT2D eigenvalue weighted by Gasteiger charge is -2.36. The molecule has 0 bridgehead atoms. The molecule has 0 N–H and O–H groups in total. The Hall–Kier alpha value is -1.91. The first-order valence-corrected chi connectivity index (χ1v) is 10.2. The Kier molecular flexibility index (Phi) is 3.80. The van der Waals surface area contributed by atoms with Crippen LogP contribution in [-0.2, 0) is 0 Å². The third kappa shape index (κ3) is 2.25. The van der Waals surface area contributed by atoms with Crippen LogP contribution >= 0.6 is 31.9 Å². The molecule has 5 rings (SSSR count). The summed E-state index contributed by atoms with van der Waals surface area (Å²) >= 11 is 7.53. The fraction of sp³-hybridized carbons (Fsp3) is 0.136. The van der Waals surface area contributed by atoms with E-state index in [4.69, 9.17) is 4.99 Å². The zero-order valence-corrected chi connectivity index (χ0v) is 17.3. The highest BCUT2D eigenvalue weighted by Gasteiger charge is 2.42. The molecule has 0 fully saturated rings. The molecule has 2 aliphatic rings. The number of aliphatic imine (C=N–C) groups is 1. The van der Waals surface area contributed by atoms with Gasteiger partial charge in [0.15, 0.2) is 0 Å². The van der Waals surface area contributed by atoms with Crippen molar-refractivity contribution >= 4 is 43.4 Å². The summed E-state index contributed by atoms with van der Waals surface area (Å²) in [5.41, 5.74) is 6.21. The maximum Gasteiger partial charge on any atom is 0.137 e. The van der Waals surface area contributed by atoms with Crippen LogP contribution in [0, 0.1) is 0 Å². The first kappa shape index (κ1) is 16.3. The second-order valence-electron chi connectivity index (χ2n) is 6.71. The van der Waals surface area contributed by atoms with E-state index >= 15 is 0 Å². The molecule has 0 aromatic heterocycles. The molecule has 2 heterocycles. The lowest BCUT2D eigenvalue weighted by atomic mass is 9.90. The summed E-state index contributed by atoms with van der Waals surface area (Å²) in [5, 5.41) is 0. The van der Waals surface area contributed by atoms with Gasteiger partial charge in [-0.15, -0.1) is 0 Å². The van der Waals surface area contributed by atoms with Crippen molar-refractivity contribution in [1.82, 2.24) is 0 Å². The van der Waals surface area contributed by atoms with Gasteiger partial charge in [-0.1, -0.05) is 80.4 Å². The Balaban J connectivity index is 1.78. The minimum Gasteiger partial charge on any atom is -0.316 e. The number of rotatable bonds is 1. The van der Waals surface area contributed by atoms with E-state index in [1.54, 1.807) is 0 Å². The van der Waals surface area contributed by atoms with Crippen LogP contribution in [0.15, 0.2) is 80.7 Å². The van der Waals surface area contributed by atoms with E-state index in [0.717, 1.165) is 14.8 Å². The number of halogens is 2. The smallest absolute Gasteiger partial charge is 0.137 e. The second kappa shape index (κ2) is 6.07. The van der Waals surface area contributed by atoms with E-state index in [2.05, 4.69) is 110 Å². The van der Waals surface area contributed by atoms with E-state index < -0.39 is 0 Å². The highest BCUT2D eigenvalue weighted by atomic mass is 79.9. The molecule has 26 heavy (non-hydrogen) atoms. The number of hydrogen-bond donors (Lipinski definition) is 0. The Bertz CT molecular complexity index is 1040. The monoisotopic (exact) mass is 466 g/mol. The zero-order chi connectivity index (χ0) is 17.8. The molecule has 2 atom stereocenters. The molecule has 3 aromatic rings. The van der Waals surface area contributed by atoms with Crippen molar-refractivity contribution in [3.05, 3.63) is 86.8 Å². The number of benzene rings is 3. The van der Waals surface area contributed by atoms with Crippen LogP contribution in [0.4, 0.5) is 5.69 Å². The molecule has 2 nitrogen and oxygen atoms in total. The number of fused-ring (bicyclic) bond motifs is 6. The van der Waals surface area contributed by atoms with Crippen LogP contribution in [0.5, 0.6) is 0 Å². The van der Waals surface area contributed by atoms with Crippen molar-refractivity contribution in [2.45, 2.75) is 19.0 Å². The molecule has 2 unspecified atom stereocenters. The lowest BCUT2D eigenvalue weighted by molar-refractivity contribution is 0.621. The Morgan fingerprint density at radius 3 is 2.12 bits per heavy atom. The third-order valence-electron chi connectivity index (χ3n) is 5.21. The van der Waals surface area contributed by atoms with E-state index in [1.807, 2.05) is 0 Å². The van der Waals surface area contributed by atoms with Crippen LogP contribution in [0.2, 0.25) is 0 Å². The minimum atomic E-state index is 0.143. The molecule has 0 radical (unpaired) electrons. The summed E-state index contributed by atoms with van der Waals surface area (Å²) in [7, 11) is 0. The lowest BCUT2D eigenvalue weighted by Crippen LogP contribution is -2.36. The van der Waals surface area contributed by atoms with Crippen LogP contribution in [0.25, 0.3) is 11.1 Å². The average molecular weight is 468 g/mol. The number of nitrogens with zero attached hydrogens (tertiary/aromatic N) is 2. The molecule has 0 saturated heterocycles. The summed E-state index contributed by atoms with van der Waals surface area (Å²) in [4.78, 5) is 7.50. The average Bonchev–Trinajstić information content (AvgIpc) is 2.99. The van der Waals surface area contributed by atoms with Crippen LogP contribution in [0.3, 0.4) is 0 Å². The Labute approximate surface area is 169 Å². The van der Waals surface area contributed by atoms with Gasteiger partial charge in [0.05, 0.1) is 17.8 Å². The van der Waals surface area contributed by atoms with E-state index in [-0.39, 0.29) is 12.1 Å². The van der Waals surface area contributed by atoms with Crippen molar-refractivity contribution in [2.75, 3.05) is 4.90 Å². The van der Waals surface area contributed by atoms with Crippen molar-refractivity contribution in [3.63, 3.8) is 0 Å². The highest BCUT2D eigenvalue weighted by Crippen LogP contribution is 2.49. The maximum absolute atomic E-state index is 5.09. The predicted molar refractivity (Wildman–Crippen MR) is 115 cm³/mol. The van der Waals surface area contributed by atoms with Gasteiger partial charge in [-0.2, -0.15) is 0 Å². The number of anilines is 1. The Morgan fingerprint density at radius 2 is 1.38 bits per heavy atom. The van der Waals surface area contributed by atoms with Gasteiger partial charge < -0.3 is 4.90 Å². The van der Waals surface area contributed by atoms with E-state index in [0.29, 0.717) is 0 Å². The molecule has 0 aliphatic carbocycles. The first-order valence-electron chi connectivity index (χ1n) is 8.66. The fourth-order valence-electron chi connectivity index (χ4n) is 4.12. The summed E-state index contributed by atoms with van der Waals surface area (Å²) in [6.45, 7) is 2.20. The van der Waals surface area contributed by atoms with Gasteiger partial charge in [-0.05, 0) is 30.7 Å². The van der Waals surface area contributed by atoms with Gasteiger partial charge in [0.1, 0.15) is 5.84 Å². The van der Waals surface area contributed by atoms with Gasteiger partial charge in [-0.25, -0.2) is 0 Å². The molecular weight excluding hydrogens is 452 g/mol. The summed E-state index contributed by atoms with van der Waals surface area (Å²) in [6.07, 6.45) is 0. The second-order valence-corrected chi connectivity index (χ2v) is 8.41. The van der Waals surface area contributed by atoms with E-state index in [1.165, 1.54) is 27.9 Å². The van der Waals surface area contributed by atoms with Gasteiger partial charge in [0, 0.05) is 25.6 Å². The molecule has 128 valence electrons. The maximum atomic E-state index is 5.09. The third-order valence-corrected chi connectivity index (χ3v) is 6.59. The minimum absolute atomic E-state index is 0.143. The SMILES string of the molecule is CC1N=C2c3ccccc3-c3ccccc3N2C1c1c(Br)cccc1Br. The summed E-state index contributed by atoms with van der Waals surface area (Å²) in [6, 6.07) is 23.8. The number of amidine groups is 1. The fourth-order valence-corrected chi connectivity index (χ4v) is 5.59. The van der Waals surface area contributed by atoms with Crippen molar-refractivity contribution in [3.8, 4) is 11.1 Å². The summed E-state index contributed by atoms with van der Waals surface area (Å²) < 4.78 is 2.22. The van der Waals surface area contributed by atoms with Crippen molar-refractivity contribution in [1.29, 1.82) is 0 Å². The number of para-hydroxylation sites is 1. The van der Waals surface area contributed by atoms with Crippen LogP contribution in [-0.4, -0.2) is 11.9 Å². The largest absolute Gasteiger partial charge is 0.316 e. The van der Waals surface area contributed by atoms with Gasteiger partial charge in [0.2, 0.25) is 0 Å². The zero-order valence-electron chi connectivity index (χ0n) is 14.2. The molecule has 0 spiro atoms. The molecular formula is C22H16Br2N2. The molecule has 2 aliphatic heterocycles. The van der Waals surface area contributed by atoms with Gasteiger partial charge in [0.25, 0.3) is 0 Å². The molecule has 0 amide bonds. The van der Waals surface area contributed by atoms with Crippen LogP contribution < -0.4 is 4.90 Å². The van der Waals surface area contributed by atoms with Gasteiger partial charge in [-0.3, -0.25) is 4.99 Å².